The summed E-state index contributed by atoms with van der Waals surface area (Å²) < 4.78 is 1.55. The standard InChI is InChI=1S/C13H20N4O2/c18-12(10-17-8-6-14-15-17)16-7-5-13(19)4-2-1-3-11(13)9-16/h6,8,11,19H,1-5,7,9-10H2. The highest BCUT2D eigenvalue weighted by Crippen LogP contribution is 2.39. The number of nitrogens with zero attached hydrogens (tertiary/aromatic N) is 4. The summed E-state index contributed by atoms with van der Waals surface area (Å²) >= 11 is 0. The fourth-order valence-electron chi connectivity index (χ4n) is 3.35. The van der Waals surface area contributed by atoms with E-state index in [1.165, 1.54) is 0 Å². The lowest BCUT2D eigenvalue weighted by molar-refractivity contribution is -0.144. The first-order chi connectivity index (χ1) is 9.17. The summed E-state index contributed by atoms with van der Waals surface area (Å²) in [7, 11) is 0. The van der Waals surface area contributed by atoms with Crippen molar-refractivity contribution in [3.63, 3.8) is 0 Å². The maximum Gasteiger partial charge on any atom is 0.244 e. The van der Waals surface area contributed by atoms with E-state index in [9.17, 15) is 9.90 Å². The van der Waals surface area contributed by atoms with Crippen LogP contribution in [0.4, 0.5) is 0 Å². The van der Waals surface area contributed by atoms with Gasteiger partial charge in [-0.3, -0.25) is 4.79 Å². The van der Waals surface area contributed by atoms with Crippen LogP contribution in [0.2, 0.25) is 0 Å². The number of hydrogen-bond donors (Lipinski definition) is 1. The Morgan fingerprint density at radius 1 is 1.42 bits per heavy atom. The van der Waals surface area contributed by atoms with E-state index in [-0.39, 0.29) is 18.4 Å². The fourth-order valence-corrected chi connectivity index (χ4v) is 3.35. The molecular formula is C13H20N4O2. The van der Waals surface area contributed by atoms with Crippen LogP contribution < -0.4 is 0 Å². The van der Waals surface area contributed by atoms with Crippen molar-refractivity contribution < 1.29 is 9.90 Å². The van der Waals surface area contributed by atoms with Gasteiger partial charge in [-0.05, 0) is 19.3 Å². The maximum atomic E-state index is 12.2. The first kappa shape index (κ1) is 12.6. The average molecular weight is 264 g/mol. The minimum Gasteiger partial charge on any atom is -0.389 e. The average Bonchev–Trinajstić information content (AvgIpc) is 2.90. The molecule has 2 fully saturated rings. The number of hydrogen-bond acceptors (Lipinski definition) is 4. The third-order valence-corrected chi connectivity index (χ3v) is 4.55. The van der Waals surface area contributed by atoms with Gasteiger partial charge in [0.15, 0.2) is 0 Å². The summed E-state index contributed by atoms with van der Waals surface area (Å²) in [6.07, 6.45) is 8.17. The number of likely N-dealkylation sites (tertiary alicyclic amines) is 1. The lowest BCUT2D eigenvalue weighted by Crippen LogP contribution is -2.55. The third-order valence-electron chi connectivity index (χ3n) is 4.55. The van der Waals surface area contributed by atoms with Crippen molar-refractivity contribution in [1.29, 1.82) is 0 Å². The van der Waals surface area contributed by atoms with Gasteiger partial charge in [0.1, 0.15) is 6.54 Å². The molecule has 0 radical (unpaired) electrons. The predicted octanol–water partition coefficient (Wildman–Crippen LogP) is 0.432. The molecule has 1 N–H and O–H groups in total. The van der Waals surface area contributed by atoms with Gasteiger partial charge in [-0.25, -0.2) is 4.68 Å². The summed E-state index contributed by atoms with van der Waals surface area (Å²) in [4.78, 5) is 14.1. The summed E-state index contributed by atoms with van der Waals surface area (Å²) in [5.41, 5.74) is -0.526. The number of aromatic nitrogens is 3. The number of aliphatic hydroxyl groups is 1. The molecule has 1 saturated heterocycles. The van der Waals surface area contributed by atoms with Crippen LogP contribution in [-0.2, 0) is 11.3 Å². The Hall–Kier alpha value is -1.43. The molecule has 0 bridgehead atoms. The molecule has 1 saturated carbocycles. The zero-order valence-electron chi connectivity index (χ0n) is 11.0. The molecule has 1 aromatic heterocycles. The van der Waals surface area contributed by atoms with E-state index in [0.717, 1.165) is 25.7 Å². The van der Waals surface area contributed by atoms with Crippen molar-refractivity contribution in [3.8, 4) is 0 Å². The highest BCUT2D eigenvalue weighted by Gasteiger charge is 2.43. The van der Waals surface area contributed by atoms with E-state index in [1.807, 2.05) is 4.90 Å². The quantitative estimate of drug-likeness (QED) is 0.841. The zero-order chi connectivity index (χ0) is 13.3. The van der Waals surface area contributed by atoms with Crippen LogP contribution in [0.25, 0.3) is 0 Å². The molecule has 1 aliphatic heterocycles. The van der Waals surface area contributed by atoms with Gasteiger partial charge in [0.05, 0.1) is 11.8 Å². The van der Waals surface area contributed by atoms with Crippen LogP contribution in [0.1, 0.15) is 32.1 Å². The Morgan fingerprint density at radius 3 is 3.11 bits per heavy atom. The molecule has 0 aromatic carbocycles. The van der Waals surface area contributed by atoms with Crippen molar-refractivity contribution in [2.45, 2.75) is 44.2 Å². The Kier molecular flexibility index (Phi) is 3.26. The van der Waals surface area contributed by atoms with Crippen LogP contribution in [0, 0.1) is 5.92 Å². The van der Waals surface area contributed by atoms with Gasteiger partial charge >= 0.3 is 0 Å². The predicted molar refractivity (Wildman–Crippen MR) is 68.1 cm³/mol. The lowest BCUT2D eigenvalue weighted by atomic mass is 9.71. The molecule has 6 nitrogen and oxygen atoms in total. The van der Waals surface area contributed by atoms with Gasteiger partial charge in [0, 0.05) is 25.2 Å². The fraction of sp³-hybridized carbons (Fsp3) is 0.769. The number of carbonyl (C=O) groups is 1. The van der Waals surface area contributed by atoms with E-state index >= 15 is 0 Å². The highest BCUT2D eigenvalue weighted by molar-refractivity contribution is 5.76. The largest absolute Gasteiger partial charge is 0.389 e. The van der Waals surface area contributed by atoms with Gasteiger partial charge in [-0.15, -0.1) is 5.10 Å². The topological polar surface area (TPSA) is 71.2 Å². The first-order valence-electron chi connectivity index (χ1n) is 7.02. The summed E-state index contributed by atoms with van der Waals surface area (Å²) in [6.45, 7) is 1.58. The number of amides is 1. The van der Waals surface area contributed by atoms with Crippen LogP contribution in [0.3, 0.4) is 0 Å². The summed E-state index contributed by atoms with van der Waals surface area (Å²) in [5, 5.41) is 18.1. The number of piperidine rings is 1. The second-order valence-electron chi connectivity index (χ2n) is 5.74. The molecule has 6 heteroatoms. The molecule has 0 spiro atoms. The van der Waals surface area contributed by atoms with Gasteiger partial charge in [0.25, 0.3) is 0 Å². The summed E-state index contributed by atoms with van der Waals surface area (Å²) in [5.74, 6) is 0.313. The number of carbonyl (C=O) groups excluding carboxylic acids is 1. The Bertz CT molecular complexity index is 448. The van der Waals surface area contributed by atoms with Crippen molar-refractivity contribution in [1.82, 2.24) is 19.9 Å². The van der Waals surface area contributed by atoms with E-state index in [4.69, 9.17) is 0 Å². The van der Waals surface area contributed by atoms with Crippen LogP contribution in [0.5, 0.6) is 0 Å². The molecule has 19 heavy (non-hydrogen) atoms. The molecule has 2 heterocycles. The Balaban J connectivity index is 1.62. The third kappa shape index (κ3) is 2.49. The van der Waals surface area contributed by atoms with Gasteiger partial charge < -0.3 is 10.0 Å². The molecule has 1 aliphatic carbocycles. The van der Waals surface area contributed by atoms with Crippen molar-refractivity contribution in [2.75, 3.05) is 13.1 Å². The van der Waals surface area contributed by atoms with Gasteiger partial charge in [0.2, 0.25) is 5.91 Å². The minimum atomic E-state index is -0.526. The van der Waals surface area contributed by atoms with Crippen molar-refractivity contribution >= 4 is 5.91 Å². The second kappa shape index (κ2) is 4.92. The maximum absolute atomic E-state index is 12.2. The number of rotatable bonds is 2. The smallest absolute Gasteiger partial charge is 0.244 e. The summed E-state index contributed by atoms with van der Waals surface area (Å²) in [6, 6.07) is 0. The SMILES string of the molecule is O=C(Cn1ccnn1)N1CCC2(O)CCCCC2C1. The van der Waals surface area contributed by atoms with Crippen LogP contribution in [-0.4, -0.2) is 49.6 Å². The first-order valence-corrected chi connectivity index (χ1v) is 7.02. The van der Waals surface area contributed by atoms with Gasteiger partial charge in [-0.2, -0.15) is 0 Å². The minimum absolute atomic E-state index is 0.0677. The Labute approximate surface area is 112 Å². The van der Waals surface area contributed by atoms with Crippen molar-refractivity contribution in [2.24, 2.45) is 5.92 Å². The lowest BCUT2D eigenvalue weighted by Gasteiger charge is -2.47. The Morgan fingerprint density at radius 2 is 2.32 bits per heavy atom. The molecular weight excluding hydrogens is 244 g/mol. The van der Waals surface area contributed by atoms with Crippen molar-refractivity contribution in [3.05, 3.63) is 12.4 Å². The molecule has 3 rings (SSSR count). The molecule has 1 aromatic rings. The number of fused-ring (bicyclic) bond motifs is 1. The molecule has 2 atom stereocenters. The van der Waals surface area contributed by atoms with E-state index < -0.39 is 5.60 Å². The van der Waals surface area contributed by atoms with Gasteiger partial charge in [-0.1, -0.05) is 18.1 Å². The van der Waals surface area contributed by atoms with E-state index in [0.29, 0.717) is 19.5 Å². The molecule has 1 amide bonds. The van der Waals surface area contributed by atoms with Crippen LogP contribution >= 0.6 is 0 Å². The highest BCUT2D eigenvalue weighted by atomic mass is 16.3. The zero-order valence-corrected chi connectivity index (χ0v) is 11.0. The van der Waals surface area contributed by atoms with E-state index in [1.54, 1.807) is 17.1 Å². The monoisotopic (exact) mass is 264 g/mol. The normalized spacial score (nSPS) is 31.0. The molecule has 2 unspecified atom stereocenters. The molecule has 104 valence electrons. The molecule has 2 aliphatic rings. The van der Waals surface area contributed by atoms with E-state index in [2.05, 4.69) is 10.3 Å². The second-order valence-corrected chi connectivity index (χ2v) is 5.74. The van der Waals surface area contributed by atoms with Crippen LogP contribution in [0.15, 0.2) is 12.4 Å².